The summed E-state index contributed by atoms with van der Waals surface area (Å²) in [7, 11) is 1.30. The molecular weight excluding hydrogens is 254 g/mol. The summed E-state index contributed by atoms with van der Waals surface area (Å²) in [5.74, 6) is 4.55. The van der Waals surface area contributed by atoms with Crippen molar-refractivity contribution in [2.24, 2.45) is 5.92 Å². The molecule has 0 spiro atoms. The molecule has 0 bridgehead atoms. The second kappa shape index (κ2) is 8.00. The molecule has 1 rings (SSSR count). The number of hydrogen-bond donors (Lipinski definition) is 1. The fourth-order valence-electron chi connectivity index (χ4n) is 1.67. The lowest BCUT2D eigenvalue weighted by atomic mass is 10.0. The van der Waals surface area contributed by atoms with Crippen LogP contribution in [0.1, 0.15) is 25.8 Å². The number of carbonyl (C=O) groups is 2. The highest BCUT2D eigenvalue weighted by atomic mass is 16.5. The first-order valence-corrected chi connectivity index (χ1v) is 6.48. The average molecular weight is 273 g/mol. The number of amides is 1. The van der Waals surface area contributed by atoms with E-state index >= 15 is 0 Å². The molecule has 1 aromatic rings. The van der Waals surface area contributed by atoms with Gasteiger partial charge in [0, 0.05) is 11.5 Å². The second-order valence-electron chi connectivity index (χ2n) is 4.79. The van der Waals surface area contributed by atoms with Crippen molar-refractivity contribution in [2.45, 2.75) is 26.3 Å². The number of carbonyl (C=O) groups excluding carboxylic acids is 2. The smallest absolute Gasteiger partial charge is 0.328 e. The van der Waals surface area contributed by atoms with Crippen LogP contribution in [0.4, 0.5) is 0 Å². The minimum absolute atomic E-state index is 0.265. The second-order valence-corrected chi connectivity index (χ2v) is 4.79. The minimum atomic E-state index is -0.655. The number of nitrogens with one attached hydrogen (secondary N) is 1. The van der Waals surface area contributed by atoms with Gasteiger partial charge in [0.25, 0.3) is 5.91 Å². The maximum atomic E-state index is 11.7. The number of ether oxygens (including phenoxy) is 1. The van der Waals surface area contributed by atoms with Crippen LogP contribution in [0.25, 0.3) is 0 Å². The zero-order valence-corrected chi connectivity index (χ0v) is 12.0. The molecule has 0 heterocycles. The van der Waals surface area contributed by atoms with Crippen LogP contribution in [0, 0.1) is 17.8 Å². The minimum Gasteiger partial charge on any atom is -0.467 e. The van der Waals surface area contributed by atoms with Crippen molar-refractivity contribution >= 4 is 11.9 Å². The van der Waals surface area contributed by atoms with Crippen molar-refractivity contribution in [2.75, 3.05) is 7.11 Å². The van der Waals surface area contributed by atoms with E-state index in [1.165, 1.54) is 7.11 Å². The Morgan fingerprint density at radius 2 is 1.90 bits per heavy atom. The summed E-state index contributed by atoms with van der Waals surface area (Å²) in [5, 5.41) is 2.58. The molecule has 1 N–H and O–H groups in total. The maximum absolute atomic E-state index is 11.7. The molecule has 0 fully saturated rings. The highest BCUT2D eigenvalue weighted by Gasteiger charge is 2.21. The third-order valence-electron chi connectivity index (χ3n) is 2.59. The first-order valence-electron chi connectivity index (χ1n) is 6.48. The summed E-state index contributed by atoms with van der Waals surface area (Å²) in [6.45, 7) is 3.94. The fraction of sp³-hybridized carbons (Fsp3) is 0.375. The molecule has 0 aromatic heterocycles. The van der Waals surface area contributed by atoms with Gasteiger partial charge in [0.05, 0.1) is 7.11 Å². The Morgan fingerprint density at radius 1 is 1.25 bits per heavy atom. The summed E-state index contributed by atoms with van der Waals surface area (Å²) in [6.07, 6.45) is 0.519. The third kappa shape index (κ3) is 5.57. The molecule has 20 heavy (non-hydrogen) atoms. The van der Waals surface area contributed by atoms with Crippen LogP contribution in [0.2, 0.25) is 0 Å². The van der Waals surface area contributed by atoms with Crippen molar-refractivity contribution < 1.29 is 14.3 Å². The number of esters is 1. The Hall–Kier alpha value is -2.28. The van der Waals surface area contributed by atoms with E-state index in [1.807, 2.05) is 44.2 Å². The van der Waals surface area contributed by atoms with E-state index in [0.29, 0.717) is 6.42 Å². The molecule has 0 aliphatic carbocycles. The molecule has 106 valence electrons. The van der Waals surface area contributed by atoms with E-state index < -0.39 is 17.9 Å². The molecule has 0 radical (unpaired) electrons. The van der Waals surface area contributed by atoms with E-state index in [-0.39, 0.29) is 5.92 Å². The van der Waals surface area contributed by atoms with Gasteiger partial charge < -0.3 is 10.1 Å². The Kier molecular flexibility index (Phi) is 6.31. The Morgan fingerprint density at radius 3 is 2.45 bits per heavy atom. The van der Waals surface area contributed by atoms with Crippen LogP contribution in [-0.2, 0) is 14.3 Å². The third-order valence-corrected chi connectivity index (χ3v) is 2.59. The summed E-state index contributed by atoms with van der Waals surface area (Å²) in [5.41, 5.74) is 0.751. The molecule has 0 saturated carbocycles. The van der Waals surface area contributed by atoms with Gasteiger partial charge in [0.2, 0.25) is 0 Å². The summed E-state index contributed by atoms with van der Waals surface area (Å²) >= 11 is 0. The van der Waals surface area contributed by atoms with E-state index in [4.69, 9.17) is 0 Å². The Balaban J connectivity index is 2.67. The largest absolute Gasteiger partial charge is 0.467 e. The van der Waals surface area contributed by atoms with Crippen LogP contribution in [-0.4, -0.2) is 25.0 Å². The van der Waals surface area contributed by atoms with E-state index in [9.17, 15) is 9.59 Å². The van der Waals surface area contributed by atoms with Crippen molar-refractivity contribution in [1.29, 1.82) is 0 Å². The van der Waals surface area contributed by atoms with Crippen LogP contribution in [0.3, 0.4) is 0 Å². The normalized spacial score (nSPS) is 11.2. The van der Waals surface area contributed by atoms with Crippen LogP contribution in [0.15, 0.2) is 30.3 Å². The molecule has 0 aliphatic heterocycles. The van der Waals surface area contributed by atoms with E-state index in [1.54, 1.807) is 0 Å². The number of methoxy groups -OCH3 is 1. The molecule has 0 aliphatic rings. The molecule has 1 aromatic carbocycles. The Labute approximate surface area is 119 Å². The van der Waals surface area contributed by atoms with Crippen LogP contribution in [0.5, 0.6) is 0 Å². The van der Waals surface area contributed by atoms with Crippen molar-refractivity contribution in [3.8, 4) is 11.8 Å². The fourth-order valence-corrected chi connectivity index (χ4v) is 1.67. The van der Waals surface area contributed by atoms with Crippen molar-refractivity contribution in [3.63, 3.8) is 0 Å². The average Bonchev–Trinajstić information content (AvgIpc) is 2.44. The molecule has 1 unspecified atom stereocenters. The zero-order chi connectivity index (χ0) is 15.0. The van der Waals surface area contributed by atoms with Crippen LogP contribution < -0.4 is 5.32 Å². The topological polar surface area (TPSA) is 55.4 Å². The van der Waals surface area contributed by atoms with Gasteiger partial charge in [-0.2, -0.15) is 0 Å². The lowest BCUT2D eigenvalue weighted by Gasteiger charge is -2.16. The maximum Gasteiger partial charge on any atom is 0.328 e. The number of benzene rings is 1. The van der Waals surface area contributed by atoms with Gasteiger partial charge in [0.15, 0.2) is 0 Å². The van der Waals surface area contributed by atoms with Gasteiger partial charge in [-0.3, -0.25) is 4.79 Å². The highest BCUT2D eigenvalue weighted by molar-refractivity contribution is 5.96. The predicted molar refractivity (Wildman–Crippen MR) is 76.7 cm³/mol. The quantitative estimate of drug-likeness (QED) is 0.671. The van der Waals surface area contributed by atoms with Gasteiger partial charge in [-0.25, -0.2) is 4.79 Å². The van der Waals surface area contributed by atoms with E-state index in [2.05, 4.69) is 21.9 Å². The summed E-state index contributed by atoms with van der Waals surface area (Å²) < 4.78 is 4.68. The predicted octanol–water partition coefficient (Wildman–Crippen LogP) is 1.74. The first kappa shape index (κ1) is 15.8. The lowest BCUT2D eigenvalue weighted by molar-refractivity contribution is -0.145. The van der Waals surface area contributed by atoms with Crippen LogP contribution >= 0.6 is 0 Å². The highest BCUT2D eigenvalue weighted by Crippen LogP contribution is 2.06. The standard InChI is InChI=1S/C16H19NO3/c1-12(2)11-14(16(19)20-3)17-15(18)10-9-13-7-5-4-6-8-13/h4-8,12,14H,11H2,1-3H3,(H,17,18). The number of hydrogen-bond acceptors (Lipinski definition) is 3. The van der Waals surface area contributed by atoms with Gasteiger partial charge >= 0.3 is 5.97 Å². The molecule has 1 amide bonds. The van der Waals surface area contributed by atoms with Gasteiger partial charge in [-0.1, -0.05) is 38.0 Å². The molecule has 0 saturated heterocycles. The molecule has 1 atom stereocenters. The SMILES string of the molecule is COC(=O)C(CC(C)C)NC(=O)C#Cc1ccccc1. The molecular formula is C16H19NO3. The van der Waals surface area contributed by atoms with Crippen molar-refractivity contribution in [3.05, 3.63) is 35.9 Å². The summed E-state index contributed by atoms with van der Waals surface area (Å²) in [4.78, 5) is 23.3. The van der Waals surface area contributed by atoms with Gasteiger partial charge in [-0.05, 0) is 24.5 Å². The number of rotatable bonds is 4. The Bertz CT molecular complexity index is 512. The van der Waals surface area contributed by atoms with Gasteiger partial charge in [-0.15, -0.1) is 0 Å². The molecule has 4 nitrogen and oxygen atoms in total. The zero-order valence-electron chi connectivity index (χ0n) is 12.0. The van der Waals surface area contributed by atoms with Crippen molar-refractivity contribution in [1.82, 2.24) is 5.32 Å². The first-order chi connectivity index (χ1) is 9.52. The van der Waals surface area contributed by atoms with E-state index in [0.717, 1.165) is 5.56 Å². The lowest BCUT2D eigenvalue weighted by Crippen LogP contribution is -2.41. The summed E-state index contributed by atoms with van der Waals surface area (Å²) in [6, 6.07) is 8.53. The van der Waals surface area contributed by atoms with Gasteiger partial charge in [0.1, 0.15) is 6.04 Å². The molecule has 4 heteroatoms. The monoisotopic (exact) mass is 273 g/mol.